The van der Waals surface area contributed by atoms with Crippen molar-refractivity contribution in [3.63, 3.8) is 0 Å². The predicted molar refractivity (Wildman–Crippen MR) is 75.5 cm³/mol. The summed E-state index contributed by atoms with van der Waals surface area (Å²) in [5.41, 5.74) is 0.916. The number of nitro benzene ring substituents is 1. The van der Waals surface area contributed by atoms with Crippen molar-refractivity contribution in [2.75, 3.05) is 7.11 Å². The van der Waals surface area contributed by atoms with E-state index in [2.05, 4.69) is 19.2 Å². The largest absolute Gasteiger partial charge is 0.490 e. The molecule has 0 radical (unpaired) electrons. The Morgan fingerprint density at radius 1 is 1.47 bits per heavy atom. The van der Waals surface area contributed by atoms with E-state index >= 15 is 0 Å². The Kier molecular flexibility index (Phi) is 6.29. The summed E-state index contributed by atoms with van der Waals surface area (Å²) in [6.07, 6.45) is 3.49. The van der Waals surface area contributed by atoms with Crippen molar-refractivity contribution in [1.82, 2.24) is 5.32 Å². The topological polar surface area (TPSA) is 64.4 Å². The molecule has 0 aliphatic carbocycles. The van der Waals surface area contributed by atoms with Gasteiger partial charge in [0.25, 0.3) is 0 Å². The molecule has 0 saturated heterocycles. The maximum Gasteiger partial charge on any atom is 0.311 e. The van der Waals surface area contributed by atoms with Gasteiger partial charge in [0, 0.05) is 18.7 Å². The number of benzene rings is 1. The van der Waals surface area contributed by atoms with Crippen LogP contribution in [0.2, 0.25) is 0 Å². The van der Waals surface area contributed by atoms with Crippen molar-refractivity contribution >= 4 is 5.69 Å². The van der Waals surface area contributed by atoms with Crippen LogP contribution < -0.4 is 10.1 Å². The summed E-state index contributed by atoms with van der Waals surface area (Å²) in [5, 5.41) is 14.3. The van der Waals surface area contributed by atoms with E-state index in [1.165, 1.54) is 20.0 Å². The summed E-state index contributed by atoms with van der Waals surface area (Å²) in [7, 11) is 1.44. The number of hydrogen-bond acceptors (Lipinski definition) is 4. The van der Waals surface area contributed by atoms with Crippen LogP contribution in [-0.2, 0) is 6.54 Å². The van der Waals surface area contributed by atoms with E-state index in [1.807, 2.05) is 6.07 Å². The van der Waals surface area contributed by atoms with Gasteiger partial charge in [-0.15, -0.1) is 0 Å². The van der Waals surface area contributed by atoms with Crippen LogP contribution in [0.4, 0.5) is 5.69 Å². The van der Waals surface area contributed by atoms with Crippen molar-refractivity contribution < 1.29 is 9.66 Å². The molecular formula is C14H22N2O3. The summed E-state index contributed by atoms with van der Waals surface area (Å²) in [5.74, 6) is 0.299. The Bertz CT molecular complexity index is 421. The molecule has 1 aromatic carbocycles. The van der Waals surface area contributed by atoms with Gasteiger partial charge < -0.3 is 10.1 Å². The van der Waals surface area contributed by atoms with Gasteiger partial charge in [-0.3, -0.25) is 10.1 Å². The first kappa shape index (κ1) is 15.4. The average Bonchev–Trinajstić information content (AvgIpc) is 2.42. The van der Waals surface area contributed by atoms with Gasteiger partial charge in [0.05, 0.1) is 12.0 Å². The Morgan fingerprint density at radius 2 is 2.21 bits per heavy atom. The molecule has 0 spiro atoms. The van der Waals surface area contributed by atoms with Crippen LogP contribution in [0.5, 0.6) is 5.75 Å². The lowest BCUT2D eigenvalue weighted by Gasteiger charge is -2.13. The van der Waals surface area contributed by atoms with Gasteiger partial charge >= 0.3 is 5.69 Å². The molecule has 1 aromatic rings. The third-order valence-corrected chi connectivity index (χ3v) is 3.09. The number of rotatable bonds is 8. The van der Waals surface area contributed by atoms with Gasteiger partial charge in [0.2, 0.25) is 0 Å². The van der Waals surface area contributed by atoms with Crippen LogP contribution in [0.15, 0.2) is 18.2 Å². The molecule has 0 aromatic heterocycles. The van der Waals surface area contributed by atoms with Gasteiger partial charge in [-0.2, -0.15) is 0 Å². The van der Waals surface area contributed by atoms with Gasteiger partial charge in [0.1, 0.15) is 0 Å². The summed E-state index contributed by atoms with van der Waals surface area (Å²) < 4.78 is 4.98. The molecule has 0 fully saturated rings. The zero-order chi connectivity index (χ0) is 14.3. The fourth-order valence-electron chi connectivity index (χ4n) is 1.89. The molecule has 1 N–H and O–H groups in total. The monoisotopic (exact) mass is 266 g/mol. The lowest BCUT2D eigenvalue weighted by molar-refractivity contribution is -0.385. The van der Waals surface area contributed by atoms with E-state index < -0.39 is 4.92 Å². The first-order valence-corrected chi connectivity index (χ1v) is 6.63. The Labute approximate surface area is 114 Å². The molecule has 19 heavy (non-hydrogen) atoms. The highest BCUT2D eigenvalue weighted by atomic mass is 16.6. The van der Waals surface area contributed by atoms with Gasteiger partial charge in [0.15, 0.2) is 5.75 Å². The second kappa shape index (κ2) is 7.74. The fourth-order valence-corrected chi connectivity index (χ4v) is 1.89. The van der Waals surface area contributed by atoms with Crippen LogP contribution in [-0.4, -0.2) is 18.1 Å². The highest BCUT2D eigenvalue weighted by Crippen LogP contribution is 2.27. The smallest absolute Gasteiger partial charge is 0.311 e. The minimum absolute atomic E-state index is 0.0167. The Morgan fingerprint density at radius 3 is 2.79 bits per heavy atom. The molecule has 1 atom stereocenters. The lowest BCUT2D eigenvalue weighted by Crippen LogP contribution is -2.25. The minimum atomic E-state index is -0.414. The van der Waals surface area contributed by atoms with Crippen LogP contribution >= 0.6 is 0 Å². The molecule has 106 valence electrons. The molecule has 0 heterocycles. The lowest BCUT2D eigenvalue weighted by atomic mass is 10.1. The molecule has 1 rings (SSSR count). The Hall–Kier alpha value is -1.62. The first-order valence-electron chi connectivity index (χ1n) is 6.63. The molecule has 5 heteroatoms. The third kappa shape index (κ3) is 4.87. The zero-order valence-corrected chi connectivity index (χ0v) is 11.8. The first-order chi connectivity index (χ1) is 9.08. The predicted octanol–water partition coefficient (Wildman–Crippen LogP) is 3.27. The van der Waals surface area contributed by atoms with Gasteiger partial charge in [-0.25, -0.2) is 0 Å². The van der Waals surface area contributed by atoms with E-state index in [9.17, 15) is 10.1 Å². The summed E-state index contributed by atoms with van der Waals surface area (Å²) in [6, 6.07) is 5.48. The summed E-state index contributed by atoms with van der Waals surface area (Å²) in [4.78, 5) is 10.5. The van der Waals surface area contributed by atoms with Crippen molar-refractivity contribution in [1.29, 1.82) is 0 Å². The second-order valence-electron chi connectivity index (χ2n) is 4.69. The molecule has 0 amide bonds. The zero-order valence-electron chi connectivity index (χ0n) is 11.8. The highest BCUT2D eigenvalue weighted by Gasteiger charge is 2.15. The number of nitrogens with zero attached hydrogens (tertiary/aromatic N) is 1. The quantitative estimate of drug-likeness (QED) is 0.579. The average molecular weight is 266 g/mol. The van der Waals surface area contributed by atoms with E-state index in [4.69, 9.17) is 4.74 Å². The number of hydrogen-bond donors (Lipinski definition) is 1. The normalized spacial score (nSPS) is 12.2. The molecule has 1 unspecified atom stereocenters. The van der Waals surface area contributed by atoms with Crippen molar-refractivity contribution in [3.05, 3.63) is 33.9 Å². The van der Waals surface area contributed by atoms with E-state index in [1.54, 1.807) is 12.1 Å². The number of nitrogens with one attached hydrogen (secondary N) is 1. The standard InChI is InChI=1S/C14H22N2O3/c1-4-5-6-11(2)15-10-12-7-8-14(19-3)13(9-12)16(17)18/h7-9,11,15H,4-6,10H2,1-3H3. The van der Waals surface area contributed by atoms with E-state index in [-0.39, 0.29) is 5.69 Å². The van der Waals surface area contributed by atoms with Gasteiger partial charge in [-0.05, 0) is 25.0 Å². The van der Waals surface area contributed by atoms with Crippen LogP contribution in [0.3, 0.4) is 0 Å². The number of nitro groups is 1. The number of ether oxygens (including phenoxy) is 1. The molecular weight excluding hydrogens is 244 g/mol. The van der Waals surface area contributed by atoms with Crippen LogP contribution in [0.25, 0.3) is 0 Å². The Balaban J connectivity index is 2.64. The van der Waals surface area contributed by atoms with E-state index in [0.29, 0.717) is 18.3 Å². The van der Waals surface area contributed by atoms with E-state index in [0.717, 1.165) is 12.0 Å². The maximum absolute atomic E-state index is 10.9. The molecule has 0 bridgehead atoms. The van der Waals surface area contributed by atoms with Crippen LogP contribution in [0, 0.1) is 10.1 Å². The van der Waals surface area contributed by atoms with Crippen molar-refractivity contribution in [3.8, 4) is 5.75 Å². The number of methoxy groups -OCH3 is 1. The third-order valence-electron chi connectivity index (χ3n) is 3.09. The molecule has 0 aliphatic heterocycles. The second-order valence-corrected chi connectivity index (χ2v) is 4.69. The highest BCUT2D eigenvalue weighted by molar-refractivity contribution is 5.48. The van der Waals surface area contributed by atoms with Gasteiger partial charge in [-0.1, -0.05) is 25.8 Å². The van der Waals surface area contributed by atoms with Crippen molar-refractivity contribution in [2.45, 2.75) is 45.7 Å². The van der Waals surface area contributed by atoms with Crippen molar-refractivity contribution in [2.24, 2.45) is 0 Å². The fraction of sp³-hybridized carbons (Fsp3) is 0.571. The minimum Gasteiger partial charge on any atom is -0.490 e. The SMILES string of the molecule is CCCCC(C)NCc1ccc(OC)c([N+](=O)[O-])c1. The maximum atomic E-state index is 10.9. The number of unbranched alkanes of at least 4 members (excludes halogenated alkanes) is 1. The molecule has 0 saturated carbocycles. The van der Waals surface area contributed by atoms with Crippen LogP contribution in [0.1, 0.15) is 38.7 Å². The molecule has 5 nitrogen and oxygen atoms in total. The summed E-state index contributed by atoms with van der Waals surface area (Å²) >= 11 is 0. The summed E-state index contributed by atoms with van der Waals surface area (Å²) in [6.45, 7) is 4.93. The molecule has 0 aliphatic rings.